The molecule has 1 aliphatic carbocycles. The summed E-state index contributed by atoms with van der Waals surface area (Å²) in [5.41, 5.74) is 3.26. The van der Waals surface area contributed by atoms with Crippen LogP contribution in [0.3, 0.4) is 0 Å². The molecule has 1 amide bonds. The highest BCUT2D eigenvalue weighted by molar-refractivity contribution is 7.90. The van der Waals surface area contributed by atoms with E-state index in [9.17, 15) is 13.2 Å². The van der Waals surface area contributed by atoms with E-state index in [1.165, 1.54) is 0 Å². The molecule has 1 aromatic carbocycles. The first-order chi connectivity index (χ1) is 10.4. The lowest BCUT2D eigenvalue weighted by Crippen LogP contribution is -2.33. The van der Waals surface area contributed by atoms with Gasteiger partial charge >= 0.3 is 0 Å². The van der Waals surface area contributed by atoms with Gasteiger partial charge in [0.2, 0.25) is 15.9 Å². The molecular weight excluding hydrogens is 300 g/mol. The number of nitrogens with one attached hydrogen (secondary N) is 2. The maximum absolute atomic E-state index is 11.9. The fourth-order valence-corrected chi connectivity index (χ4v) is 4.17. The van der Waals surface area contributed by atoms with Gasteiger partial charge in [-0.1, -0.05) is 18.2 Å². The first-order valence-electron chi connectivity index (χ1n) is 7.53. The van der Waals surface area contributed by atoms with Crippen LogP contribution in [-0.4, -0.2) is 25.1 Å². The largest absolute Gasteiger partial charge is 0.361 e. The standard InChI is InChI=1S/C16H20N2O3S/c1-11-3-2-4-14-13(9-17-16(11)14)7-8-15(19)18-22(20,21)10-12-5-6-12/h2-4,9,12,17H,5-8,10H2,1H3,(H,18,19). The topological polar surface area (TPSA) is 79.0 Å². The molecule has 2 aromatic rings. The van der Waals surface area contributed by atoms with Crippen LogP contribution in [0, 0.1) is 12.8 Å². The molecule has 0 atom stereocenters. The van der Waals surface area contributed by atoms with Crippen LogP contribution in [0.2, 0.25) is 0 Å². The number of aryl methyl sites for hydroxylation is 2. The van der Waals surface area contributed by atoms with Crippen LogP contribution in [0.25, 0.3) is 10.9 Å². The highest BCUT2D eigenvalue weighted by Crippen LogP contribution is 2.30. The second-order valence-electron chi connectivity index (χ2n) is 6.06. The zero-order chi connectivity index (χ0) is 15.7. The fraction of sp³-hybridized carbons (Fsp3) is 0.438. The van der Waals surface area contributed by atoms with Gasteiger partial charge < -0.3 is 4.98 Å². The van der Waals surface area contributed by atoms with Crippen molar-refractivity contribution in [1.29, 1.82) is 0 Å². The normalized spacial score (nSPS) is 15.1. The molecule has 0 spiro atoms. The number of carbonyl (C=O) groups is 1. The second kappa shape index (κ2) is 5.76. The van der Waals surface area contributed by atoms with Crippen molar-refractivity contribution in [2.24, 2.45) is 5.92 Å². The lowest BCUT2D eigenvalue weighted by molar-refractivity contribution is -0.119. The van der Waals surface area contributed by atoms with Gasteiger partial charge in [0.15, 0.2) is 0 Å². The summed E-state index contributed by atoms with van der Waals surface area (Å²) in [5.74, 6) is -0.116. The molecule has 0 bridgehead atoms. The highest BCUT2D eigenvalue weighted by Gasteiger charge is 2.28. The Labute approximate surface area is 130 Å². The van der Waals surface area contributed by atoms with E-state index in [1.807, 2.05) is 31.3 Å². The number of carbonyl (C=O) groups excluding carboxylic acids is 1. The summed E-state index contributed by atoms with van der Waals surface area (Å²) in [6, 6.07) is 6.02. The maximum atomic E-state index is 11.9. The SMILES string of the molecule is Cc1cccc2c(CCC(=O)NS(=O)(=O)CC3CC3)c[nH]c12. The van der Waals surface area contributed by atoms with Gasteiger partial charge in [-0.3, -0.25) is 9.52 Å². The van der Waals surface area contributed by atoms with E-state index in [2.05, 4.69) is 9.71 Å². The molecule has 22 heavy (non-hydrogen) atoms. The molecule has 1 heterocycles. The van der Waals surface area contributed by atoms with E-state index < -0.39 is 15.9 Å². The summed E-state index contributed by atoms with van der Waals surface area (Å²) in [7, 11) is -3.47. The summed E-state index contributed by atoms with van der Waals surface area (Å²) >= 11 is 0. The van der Waals surface area contributed by atoms with Crippen LogP contribution in [0.15, 0.2) is 24.4 Å². The minimum atomic E-state index is -3.47. The van der Waals surface area contributed by atoms with Crippen molar-refractivity contribution >= 4 is 26.8 Å². The number of benzene rings is 1. The van der Waals surface area contributed by atoms with Crippen molar-refractivity contribution in [1.82, 2.24) is 9.71 Å². The van der Waals surface area contributed by atoms with Gasteiger partial charge in [0.1, 0.15) is 0 Å². The van der Waals surface area contributed by atoms with Gasteiger partial charge in [0.05, 0.1) is 5.75 Å². The third kappa shape index (κ3) is 3.50. The molecule has 5 nitrogen and oxygen atoms in total. The number of aromatic amines is 1. The lowest BCUT2D eigenvalue weighted by atomic mass is 10.1. The Kier molecular flexibility index (Phi) is 3.95. The van der Waals surface area contributed by atoms with E-state index in [1.54, 1.807) is 0 Å². The minimum Gasteiger partial charge on any atom is -0.361 e. The zero-order valence-corrected chi connectivity index (χ0v) is 13.4. The number of fused-ring (bicyclic) bond motifs is 1. The molecule has 118 valence electrons. The predicted molar refractivity (Wildman–Crippen MR) is 86.0 cm³/mol. The summed E-state index contributed by atoms with van der Waals surface area (Å²) in [4.78, 5) is 15.1. The van der Waals surface area contributed by atoms with Gasteiger partial charge in [-0.2, -0.15) is 0 Å². The Balaban J connectivity index is 1.61. The highest BCUT2D eigenvalue weighted by atomic mass is 32.2. The summed E-state index contributed by atoms with van der Waals surface area (Å²) in [6.07, 6.45) is 4.48. The molecule has 1 aliphatic rings. The van der Waals surface area contributed by atoms with Crippen molar-refractivity contribution in [3.8, 4) is 0 Å². The zero-order valence-electron chi connectivity index (χ0n) is 12.6. The number of sulfonamides is 1. The van der Waals surface area contributed by atoms with Crippen LogP contribution in [0.4, 0.5) is 0 Å². The molecule has 1 saturated carbocycles. The van der Waals surface area contributed by atoms with Crippen molar-refractivity contribution in [2.75, 3.05) is 5.75 Å². The number of amides is 1. The predicted octanol–water partition coefficient (Wildman–Crippen LogP) is 2.26. The Morgan fingerprint density at radius 2 is 2.14 bits per heavy atom. The Morgan fingerprint density at radius 3 is 2.86 bits per heavy atom. The first kappa shape index (κ1) is 15.1. The van der Waals surface area contributed by atoms with Crippen LogP contribution in [0.5, 0.6) is 0 Å². The van der Waals surface area contributed by atoms with Crippen molar-refractivity contribution < 1.29 is 13.2 Å². The molecule has 1 aromatic heterocycles. The molecule has 6 heteroatoms. The Hall–Kier alpha value is -1.82. The van der Waals surface area contributed by atoms with E-state index in [0.717, 1.165) is 34.9 Å². The molecule has 0 radical (unpaired) electrons. The Morgan fingerprint density at radius 1 is 1.36 bits per heavy atom. The maximum Gasteiger partial charge on any atom is 0.235 e. The Bertz CT molecular complexity index is 804. The number of hydrogen-bond acceptors (Lipinski definition) is 3. The number of para-hydroxylation sites is 1. The summed E-state index contributed by atoms with van der Waals surface area (Å²) in [5, 5.41) is 1.09. The van der Waals surface area contributed by atoms with Crippen LogP contribution in [0.1, 0.15) is 30.4 Å². The first-order valence-corrected chi connectivity index (χ1v) is 9.19. The quantitative estimate of drug-likeness (QED) is 0.857. The van der Waals surface area contributed by atoms with Gasteiger partial charge in [0, 0.05) is 23.5 Å². The van der Waals surface area contributed by atoms with E-state index in [4.69, 9.17) is 0 Å². The summed E-state index contributed by atoms with van der Waals surface area (Å²) in [6.45, 7) is 2.03. The molecule has 0 saturated heterocycles. The molecule has 1 fully saturated rings. The second-order valence-corrected chi connectivity index (χ2v) is 7.83. The van der Waals surface area contributed by atoms with E-state index in [-0.39, 0.29) is 18.1 Å². The molecule has 0 unspecified atom stereocenters. The average Bonchev–Trinajstić information content (AvgIpc) is 3.13. The van der Waals surface area contributed by atoms with Gasteiger partial charge in [0.25, 0.3) is 0 Å². The fourth-order valence-electron chi connectivity index (χ4n) is 2.68. The van der Waals surface area contributed by atoms with Gasteiger partial charge in [-0.25, -0.2) is 8.42 Å². The molecular formula is C16H20N2O3S. The molecule has 2 N–H and O–H groups in total. The smallest absolute Gasteiger partial charge is 0.235 e. The number of rotatable bonds is 6. The summed E-state index contributed by atoms with van der Waals surface area (Å²) < 4.78 is 25.7. The third-order valence-electron chi connectivity index (χ3n) is 4.05. The average molecular weight is 320 g/mol. The van der Waals surface area contributed by atoms with Crippen molar-refractivity contribution in [3.63, 3.8) is 0 Å². The van der Waals surface area contributed by atoms with Crippen molar-refractivity contribution in [2.45, 2.75) is 32.6 Å². The number of hydrogen-bond donors (Lipinski definition) is 2. The molecule has 3 rings (SSSR count). The van der Waals surface area contributed by atoms with E-state index >= 15 is 0 Å². The van der Waals surface area contributed by atoms with Crippen LogP contribution in [-0.2, 0) is 21.2 Å². The number of H-pyrrole nitrogens is 1. The minimum absolute atomic E-state index is 0.0744. The van der Waals surface area contributed by atoms with E-state index in [0.29, 0.717) is 6.42 Å². The number of aromatic nitrogens is 1. The lowest BCUT2D eigenvalue weighted by Gasteiger charge is -2.06. The van der Waals surface area contributed by atoms with Gasteiger partial charge in [-0.05, 0) is 43.2 Å². The third-order valence-corrected chi connectivity index (χ3v) is 5.50. The monoisotopic (exact) mass is 320 g/mol. The van der Waals surface area contributed by atoms with Crippen molar-refractivity contribution in [3.05, 3.63) is 35.5 Å². The van der Waals surface area contributed by atoms with Crippen LogP contribution >= 0.6 is 0 Å². The molecule has 0 aliphatic heterocycles. The van der Waals surface area contributed by atoms with Gasteiger partial charge in [-0.15, -0.1) is 0 Å². The van der Waals surface area contributed by atoms with Crippen LogP contribution < -0.4 is 4.72 Å².